The number of carbonyl (C=O) groups is 1. The lowest BCUT2D eigenvalue weighted by Gasteiger charge is -2.07. The average molecular weight is 261 g/mol. The summed E-state index contributed by atoms with van der Waals surface area (Å²) in [6.07, 6.45) is 3.62. The van der Waals surface area contributed by atoms with Gasteiger partial charge in [-0.3, -0.25) is 9.48 Å². The quantitative estimate of drug-likeness (QED) is 0.830. The molecule has 5 heteroatoms. The van der Waals surface area contributed by atoms with Gasteiger partial charge in [-0.15, -0.1) is 12.6 Å². The molecule has 2 aromatic rings. The van der Waals surface area contributed by atoms with Gasteiger partial charge in [0.15, 0.2) is 0 Å². The first-order valence-electron chi connectivity index (χ1n) is 5.61. The fraction of sp³-hybridized carbons (Fsp3) is 0.231. The van der Waals surface area contributed by atoms with Crippen LogP contribution in [0.2, 0.25) is 0 Å². The maximum atomic E-state index is 12.0. The van der Waals surface area contributed by atoms with Crippen LogP contribution in [0.1, 0.15) is 21.5 Å². The molecule has 2 rings (SSSR count). The van der Waals surface area contributed by atoms with Gasteiger partial charge in [0, 0.05) is 35.8 Å². The Morgan fingerprint density at radius 1 is 1.50 bits per heavy atom. The van der Waals surface area contributed by atoms with E-state index < -0.39 is 0 Å². The molecule has 94 valence electrons. The number of nitrogens with one attached hydrogen (secondary N) is 1. The molecule has 0 saturated heterocycles. The number of amides is 1. The Morgan fingerprint density at radius 2 is 2.28 bits per heavy atom. The first-order valence-corrected chi connectivity index (χ1v) is 6.06. The Balaban J connectivity index is 2.05. The lowest BCUT2D eigenvalue weighted by molar-refractivity contribution is 0.0950. The fourth-order valence-electron chi connectivity index (χ4n) is 1.70. The van der Waals surface area contributed by atoms with Crippen LogP contribution in [0.4, 0.5) is 0 Å². The zero-order valence-corrected chi connectivity index (χ0v) is 11.2. The smallest absolute Gasteiger partial charge is 0.251 e. The molecular weight excluding hydrogens is 246 g/mol. The van der Waals surface area contributed by atoms with E-state index in [9.17, 15) is 4.79 Å². The zero-order valence-electron chi connectivity index (χ0n) is 10.3. The van der Waals surface area contributed by atoms with Crippen LogP contribution in [0.15, 0.2) is 35.5 Å². The van der Waals surface area contributed by atoms with Crippen molar-refractivity contribution >= 4 is 18.5 Å². The van der Waals surface area contributed by atoms with Crippen molar-refractivity contribution in [3.8, 4) is 0 Å². The van der Waals surface area contributed by atoms with Crippen molar-refractivity contribution in [2.75, 3.05) is 0 Å². The summed E-state index contributed by atoms with van der Waals surface area (Å²) < 4.78 is 1.71. The van der Waals surface area contributed by atoms with Gasteiger partial charge in [-0.2, -0.15) is 5.10 Å². The Labute approximate surface area is 111 Å². The van der Waals surface area contributed by atoms with Gasteiger partial charge in [-0.1, -0.05) is 6.07 Å². The molecule has 1 aromatic heterocycles. The summed E-state index contributed by atoms with van der Waals surface area (Å²) >= 11 is 4.24. The van der Waals surface area contributed by atoms with Crippen molar-refractivity contribution < 1.29 is 4.79 Å². The van der Waals surface area contributed by atoms with Gasteiger partial charge in [0.2, 0.25) is 0 Å². The van der Waals surface area contributed by atoms with Crippen molar-refractivity contribution in [2.45, 2.75) is 18.4 Å². The molecule has 1 heterocycles. The van der Waals surface area contributed by atoms with E-state index in [2.05, 4.69) is 23.0 Å². The number of rotatable bonds is 3. The highest BCUT2D eigenvalue weighted by Crippen LogP contribution is 2.14. The van der Waals surface area contributed by atoms with Crippen LogP contribution in [0, 0.1) is 6.92 Å². The van der Waals surface area contributed by atoms with Gasteiger partial charge < -0.3 is 5.32 Å². The second-order valence-corrected chi connectivity index (χ2v) is 4.72. The molecule has 4 nitrogen and oxygen atoms in total. The molecule has 0 spiro atoms. The maximum Gasteiger partial charge on any atom is 0.251 e. The predicted octanol–water partition coefficient (Wildman–Crippen LogP) is 1.95. The lowest BCUT2D eigenvalue weighted by atomic mass is 10.1. The van der Waals surface area contributed by atoms with E-state index >= 15 is 0 Å². The molecule has 0 aliphatic carbocycles. The van der Waals surface area contributed by atoms with E-state index in [-0.39, 0.29) is 5.91 Å². The minimum Gasteiger partial charge on any atom is -0.348 e. The second-order valence-electron chi connectivity index (χ2n) is 4.20. The number of aryl methyl sites for hydroxylation is 2. The summed E-state index contributed by atoms with van der Waals surface area (Å²) in [7, 11) is 1.85. The number of aromatic nitrogens is 2. The molecule has 0 aliphatic rings. The van der Waals surface area contributed by atoms with Gasteiger partial charge in [-0.25, -0.2) is 0 Å². The number of nitrogens with zero attached hydrogens (tertiary/aromatic N) is 2. The van der Waals surface area contributed by atoms with Gasteiger partial charge >= 0.3 is 0 Å². The summed E-state index contributed by atoms with van der Waals surface area (Å²) in [6, 6.07) is 5.54. The molecule has 0 bridgehead atoms. The van der Waals surface area contributed by atoms with E-state index in [1.165, 1.54) is 0 Å². The first-order chi connectivity index (χ1) is 8.56. The Bertz CT molecular complexity index is 577. The zero-order chi connectivity index (χ0) is 13.1. The number of hydrogen-bond acceptors (Lipinski definition) is 3. The van der Waals surface area contributed by atoms with Crippen LogP contribution in [0.3, 0.4) is 0 Å². The predicted molar refractivity (Wildman–Crippen MR) is 72.8 cm³/mol. The number of hydrogen-bond donors (Lipinski definition) is 2. The van der Waals surface area contributed by atoms with Crippen LogP contribution in [0.5, 0.6) is 0 Å². The van der Waals surface area contributed by atoms with Gasteiger partial charge in [-0.05, 0) is 24.6 Å². The summed E-state index contributed by atoms with van der Waals surface area (Å²) in [6.45, 7) is 2.38. The van der Waals surface area contributed by atoms with E-state index in [4.69, 9.17) is 0 Å². The fourth-order valence-corrected chi connectivity index (χ4v) is 1.90. The second kappa shape index (κ2) is 5.27. The van der Waals surface area contributed by atoms with Crippen molar-refractivity contribution in [3.05, 3.63) is 47.3 Å². The monoisotopic (exact) mass is 261 g/mol. The molecule has 0 unspecified atom stereocenters. The van der Waals surface area contributed by atoms with Crippen molar-refractivity contribution in [1.82, 2.24) is 15.1 Å². The normalized spacial score (nSPS) is 10.4. The Kier molecular flexibility index (Phi) is 3.72. The van der Waals surface area contributed by atoms with Gasteiger partial charge in [0.25, 0.3) is 5.91 Å². The summed E-state index contributed by atoms with van der Waals surface area (Å²) in [5.41, 5.74) is 2.58. The molecular formula is C13H15N3OS. The molecule has 1 N–H and O–H groups in total. The summed E-state index contributed by atoms with van der Waals surface area (Å²) in [4.78, 5) is 12.8. The minimum atomic E-state index is -0.0905. The third-order valence-electron chi connectivity index (χ3n) is 2.68. The third-order valence-corrected chi connectivity index (χ3v) is 2.96. The molecule has 0 radical (unpaired) electrons. The Hall–Kier alpha value is -1.75. The van der Waals surface area contributed by atoms with Crippen molar-refractivity contribution in [2.24, 2.45) is 7.05 Å². The number of carbonyl (C=O) groups excluding carboxylic acids is 1. The van der Waals surface area contributed by atoms with Crippen LogP contribution in [-0.4, -0.2) is 15.7 Å². The molecule has 18 heavy (non-hydrogen) atoms. The Morgan fingerprint density at radius 3 is 2.94 bits per heavy atom. The van der Waals surface area contributed by atoms with Crippen LogP contribution in [0.25, 0.3) is 0 Å². The number of benzene rings is 1. The summed E-state index contributed by atoms with van der Waals surface area (Å²) in [5.74, 6) is -0.0905. The van der Waals surface area contributed by atoms with Crippen LogP contribution >= 0.6 is 12.6 Å². The lowest BCUT2D eigenvalue weighted by Crippen LogP contribution is -2.23. The van der Waals surface area contributed by atoms with Crippen molar-refractivity contribution in [1.29, 1.82) is 0 Å². The van der Waals surface area contributed by atoms with E-state index in [0.717, 1.165) is 16.0 Å². The van der Waals surface area contributed by atoms with E-state index in [1.807, 2.05) is 32.3 Å². The molecule has 1 aromatic carbocycles. The van der Waals surface area contributed by atoms with Crippen molar-refractivity contribution in [3.63, 3.8) is 0 Å². The first kappa shape index (κ1) is 12.7. The highest BCUT2D eigenvalue weighted by atomic mass is 32.1. The largest absolute Gasteiger partial charge is 0.348 e. The molecule has 1 amide bonds. The van der Waals surface area contributed by atoms with Gasteiger partial charge in [0.1, 0.15) is 0 Å². The number of thiol groups is 1. The molecule has 0 atom stereocenters. The average Bonchev–Trinajstić information content (AvgIpc) is 2.75. The topological polar surface area (TPSA) is 46.9 Å². The van der Waals surface area contributed by atoms with Crippen LogP contribution in [-0.2, 0) is 13.6 Å². The SMILES string of the molecule is Cc1ccc(S)cc1C(=O)NCc1cnn(C)c1. The van der Waals surface area contributed by atoms with E-state index in [1.54, 1.807) is 16.9 Å². The van der Waals surface area contributed by atoms with Crippen LogP contribution < -0.4 is 5.32 Å². The molecule has 0 aliphatic heterocycles. The standard InChI is InChI=1S/C13H15N3OS/c1-9-3-4-11(18)5-12(9)13(17)14-6-10-7-15-16(2)8-10/h3-5,7-8,18H,6H2,1-2H3,(H,14,17). The highest BCUT2D eigenvalue weighted by molar-refractivity contribution is 7.80. The highest BCUT2D eigenvalue weighted by Gasteiger charge is 2.09. The minimum absolute atomic E-state index is 0.0905. The molecule has 0 saturated carbocycles. The van der Waals surface area contributed by atoms with Gasteiger partial charge in [0.05, 0.1) is 6.20 Å². The third kappa shape index (κ3) is 2.92. The van der Waals surface area contributed by atoms with E-state index in [0.29, 0.717) is 12.1 Å². The molecule has 0 fully saturated rings. The maximum absolute atomic E-state index is 12.0. The summed E-state index contributed by atoms with van der Waals surface area (Å²) in [5, 5.41) is 6.92.